The predicted molar refractivity (Wildman–Crippen MR) is 78.8 cm³/mol. The first-order chi connectivity index (χ1) is 8.47. The molecular formula is C13H19ClN2OSi. The zero-order chi connectivity index (χ0) is 13.2. The van der Waals surface area contributed by atoms with Gasteiger partial charge in [0.15, 0.2) is 0 Å². The van der Waals surface area contributed by atoms with Gasteiger partial charge >= 0.3 is 0 Å². The molecule has 0 saturated carbocycles. The summed E-state index contributed by atoms with van der Waals surface area (Å²) in [7, 11) is -1.03. The SMILES string of the molecule is C[Si](C)(C)CCOCn1nc2ccccc2c1Cl. The van der Waals surface area contributed by atoms with E-state index in [1.165, 1.54) is 0 Å². The third-order valence-electron chi connectivity index (χ3n) is 2.79. The lowest BCUT2D eigenvalue weighted by molar-refractivity contribution is 0.0793. The Morgan fingerprint density at radius 3 is 2.67 bits per heavy atom. The van der Waals surface area contributed by atoms with Crippen molar-refractivity contribution in [3.63, 3.8) is 0 Å². The standard InChI is InChI=1S/C13H19ClN2OSi/c1-18(2,3)9-8-17-10-16-13(14)11-6-4-5-7-12(11)15-16/h4-7H,8-10H2,1-3H3. The molecule has 0 bridgehead atoms. The third-order valence-corrected chi connectivity index (χ3v) is 4.89. The van der Waals surface area contributed by atoms with Crippen LogP contribution in [-0.4, -0.2) is 24.5 Å². The normalized spacial score (nSPS) is 12.2. The minimum Gasteiger partial charge on any atom is -0.359 e. The molecular weight excluding hydrogens is 264 g/mol. The molecule has 1 heterocycles. The molecule has 0 aliphatic heterocycles. The Labute approximate surface area is 114 Å². The van der Waals surface area contributed by atoms with Crippen molar-refractivity contribution in [2.24, 2.45) is 0 Å². The molecule has 1 aromatic heterocycles. The quantitative estimate of drug-likeness (QED) is 0.612. The number of hydrogen-bond donors (Lipinski definition) is 0. The van der Waals surface area contributed by atoms with E-state index in [0.717, 1.165) is 23.6 Å². The molecule has 1 aromatic carbocycles. The highest BCUT2D eigenvalue weighted by Gasteiger charge is 2.13. The van der Waals surface area contributed by atoms with E-state index in [1.54, 1.807) is 4.68 Å². The van der Waals surface area contributed by atoms with Crippen LogP contribution >= 0.6 is 11.6 Å². The summed E-state index contributed by atoms with van der Waals surface area (Å²) in [5, 5.41) is 6.05. The van der Waals surface area contributed by atoms with Crippen molar-refractivity contribution in [1.29, 1.82) is 0 Å². The van der Waals surface area contributed by atoms with Gasteiger partial charge in [-0.15, -0.1) is 0 Å². The number of fused-ring (bicyclic) bond motifs is 1. The number of aromatic nitrogens is 2. The maximum absolute atomic E-state index is 6.26. The van der Waals surface area contributed by atoms with E-state index < -0.39 is 8.07 Å². The molecule has 0 N–H and O–H groups in total. The second-order valence-electron chi connectivity index (χ2n) is 5.66. The molecule has 18 heavy (non-hydrogen) atoms. The second kappa shape index (κ2) is 5.43. The largest absolute Gasteiger partial charge is 0.359 e. The van der Waals surface area contributed by atoms with Crippen LogP contribution in [-0.2, 0) is 11.5 Å². The first kappa shape index (κ1) is 13.6. The maximum atomic E-state index is 6.26. The van der Waals surface area contributed by atoms with Crippen LogP contribution in [0.15, 0.2) is 24.3 Å². The Hall–Kier alpha value is -0.843. The molecule has 98 valence electrons. The van der Waals surface area contributed by atoms with Crippen LogP contribution in [0.5, 0.6) is 0 Å². The highest BCUT2D eigenvalue weighted by Crippen LogP contribution is 2.22. The van der Waals surface area contributed by atoms with Crippen molar-refractivity contribution in [1.82, 2.24) is 9.78 Å². The van der Waals surface area contributed by atoms with Crippen LogP contribution in [0.25, 0.3) is 10.9 Å². The number of nitrogens with zero attached hydrogens (tertiary/aromatic N) is 2. The fraction of sp³-hybridized carbons (Fsp3) is 0.462. The van der Waals surface area contributed by atoms with Gasteiger partial charge in [-0.2, -0.15) is 5.10 Å². The molecule has 3 nitrogen and oxygen atoms in total. The van der Waals surface area contributed by atoms with Gasteiger partial charge in [-0.3, -0.25) is 0 Å². The van der Waals surface area contributed by atoms with Crippen LogP contribution in [0.4, 0.5) is 0 Å². The molecule has 0 unspecified atom stereocenters. The van der Waals surface area contributed by atoms with Crippen LogP contribution in [0.2, 0.25) is 30.8 Å². The van der Waals surface area contributed by atoms with Gasteiger partial charge in [0.1, 0.15) is 11.9 Å². The number of hydrogen-bond acceptors (Lipinski definition) is 2. The van der Waals surface area contributed by atoms with E-state index >= 15 is 0 Å². The summed E-state index contributed by atoms with van der Waals surface area (Å²) >= 11 is 6.26. The number of rotatable bonds is 5. The fourth-order valence-corrected chi connectivity index (χ4v) is 2.67. The topological polar surface area (TPSA) is 27.1 Å². The van der Waals surface area contributed by atoms with Gasteiger partial charge in [-0.1, -0.05) is 43.4 Å². The highest BCUT2D eigenvalue weighted by molar-refractivity contribution is 6.76. The molecule has 0 amide bonds. The predicted octanol–water partition coefficient (Wildman–Crippen LogP) is 4.00. The van der Waals surface area contributed by atoms with Gasteiger partial charge in [0, 0.05) is 20.1 Å². The average Bonchev–Trinajstić information content (AvgIpc) is 2.62. The monoisotopic (exact) mass is 282 g/mol. The van der Waals surface area contributed by atoms with Gasteiger partial charge in [0.2, 0.25) is 0 Å². The number of benzene rings is 1. The van der Waals surface area contributed by atoms with Gasteiger partial charge < -0.3 is 4.74 Å². The van der Waals surface area contributed by atoms with Crippen molar-refractivity contribution in [3.8, 4) is 0 Å². The van der Waals surface area contributed by atoms with Gasteiger partial charge in [0.05, 0.1) is 5.52 Å². The molecule has 0 spiro atoms. The van der Waals surface area contributed by atoms with Crippen molar-refractivity contribution in [3.05, 3.63) is 29.4 Å². The van der Waals surface area contributed by atoms with Crippen molar-refractivity contribution in [2.75, 3.05) is 6.61 Å². The Morgan fingerprint density at radius 1 is 1.28 bits per heavy atom. The Balaban J connectivity index is 1.98. The average molecular weight is 283 g/mol. The fourth-order valence-electron chi connectivity index (χ4n) is 1.66. The third kappa shape index (κ3) is 3.34. The summed E-state index contributed by atoms with van der Waals surface area (Å²) in [6, 6.07) is 9.02. The van der Waals surface area contributed by atoms with E-state index in [9.17, 15) is 0 Å². The number of ether oxygens (including phenoxy) is 1. The number of halogens is 1. The van der Waals surface area contributed by atoms with Crippen molar-refractivity contribution in [2.45, 2.75) is 32.4 Å². The molecule has 0 fully saturated rings. The molecule has 0 aliphatic carbocycles. The first-order valence-corrected chi connectivity index (χ1v) is 10.2. The van der Waals surface area contributed by atoms with Crippen LogP contribution in [0.3, 0.4) is 0 Å². The summed E-state index contributed by atoms with van der Waals surface area (Å²) in [6.07, 6.45) is 0. The minimum atomic E-state index is -1.03. The lowest BCUT2D eigenvalue weighted by Gasteiger charge is -2.15. The molecule has 2 rings (SSSR count). The summed E-state index contributed by atoms with van der Waals surface area (Å²) in [5.74, 6) is 0. The van der Waals surface area contributed by atoms with Crippen LogP contribution < -0.4 is 0 Å². The van der Waals surface area contributed by atoms with Gasteiger partial charge in [-0.25, -0.2) is 4.68 Å². The molecule has 5 heteroatoms. The van der Waals surface area contributed by atoms with Crippen LogP contribution in [0, 0.1) is 0 Å². The highest BCUT2D eigenvalue weighted by atomic mass is 35.5. The maximum Gasteiger partial charge on any atom is 0.141 e. The van der Waals surface area contributed by atoms with E-state index in [1.807, 2.05) is 24.3 Å². The lowest BCUT2D eigenvalue weighted by atomic mass is 10.3. The van der Waals surface area contributed by atoms with Crippen LogP contribution in [0.1, 0.15) is 0 Å². The summed E-state index contributed by atoms with van der Waals surface area (Å²) in [6.45, 7) is 8.23. The zero-order valence-electron chi connectivity index (χ0n) is 11.1. The zero-order valence-corrected chi connectivity index (χ0v) is 12.9. The first-order valence-electron chi connectivity index (χ1n) is 6.16. The smallest absolute Gasteiger partial charge is 0.141 e. The van der Waals surface area contributed by atoms with E-state index in [4.69, 9.17) is 16.3 Å². The molecule has 0 aliphatic rings. The Morgan fingerprint density at radius 2 is 2.00 bits per heavy atom. The molecule has 0 radical (unpaired) electrons. The summed E-state index contributed by atoms with van der Waals surface area (Å²) < 4.78 is 7.38. The lowest BCUT2D eigenvalue weighted by Crippen LogP contribution is -2.22. The molecule has 0 atom stereocenters. The van der Waals surface area contributed by atoms with E-state index in [-0.39, 0.29) is 0 Å². The van der Waals surface area contributed by atoms with E-state index in [2.05, 4.69) is 24.7 Å². The van der Waals surface area contributed by atoms with E-state index in [0.29, 0.717) is 11.9 Å². The van der Waals surface area contributed by atoms with Crippen molar-refractivity contribution >= 4 is 30.6 Å². The molecule has 0 saturated heterocycles. The van der Waals surface area contributed by atoms with Crippen molar-refractivity contribution < 1.29 is 4.74 Å². The Bertz CT molecular complexity index is 533. The second-order valence-corrected chi connectivity index (χ2v) is 11.6. The van der Waals surface area contributed by atoms with Gasteiger partial charge in [-0.05, 0) is 18.2 Å². The molecule has 2 aromatic rings. The summed E-state index contributed by atoms with van der Waals surface area (Å²) in [5.41, 5.74) is 0.913. The Kier molecular flexibility index (Phi) is 4.09. The summed E-state index contributed by atoms with van der Waals surface area (Å²) in [4.78, 5) is 0. The minimum absolute atomic E-state index is 0.429. The van der Waals surface area contributed by atoms with Gasteiger partial charge in [0.25, 0.3) is 0 Å².